The van der Waals surface area contributed by atoms with Crippen LogP contribution in [0.1, 0.15) is 1.37 Å². The van der Waals surface area contributed by atoms with Gasteiger partial charge >= 0.3 is 0 Å². The Morgan fingerprint density at radius 2 is 1.38 bits per heavy atom. The molecule has 0 N–H and O–H groups in total. The van der Waals surface area contributed by atoms with Gasteiger partial charge in [-0.15, -0.1) is 11.3 Å². The lowest BCUT2D eigenvalue weighted by Gasteiger charge is -2.10. The molecule has 124 valence electrons. The van der Waals surface area contributed by atoms with Crippen molar-refractivity contribution in [2.24, 2.45) is 0 Å². The molecule has 0 bridgehead atoms. The van der Waals surface area contributed by atoms with E-state index in [9.17, 15) is 0 Å². The number of hydrogen-bond acceptors (Lipinski definition) is 1. The first-order valence-electron chi connectivity index (χ1n) is 8.99. The molecule has 0 radical (unpaired) electrons. The van der Waals surface area contributed by atoms with Gasteiger partial charge < -0.3 is 0 Å². The maximum atomic E-state index is 8.91. The summed E-state index contributed by atoms with van der Waals surface area (Å²) in [5.41, 5.74) is 4.33. The van der Waals surface area contributed by atoms with Crippen molar-refractivity contribution in [1.29, 1.82) is 0 Å². The Labute approximate surface area is 162 Å². The molecule has 0 nitrogen and oxygen atoms in total. The molecule has 0 aliphatic rings. The SMILES string of the molecule is [2H]c1c(-c2ccccc2-c2ccccc2)ccc2c1sc1cccc(Cl)c12. The lowest BCUT2D eigenvalue weighted by molar-refractivity contribution is 1.60. The van der Waals surface area contributed by atoms with Crippen LogP contribution in [-0.2, 0) is 0 Å². The lowest BCUT2D eigenvalue weighted by atomic mass is 9.94. The average Bonchev–Trinajstić information content (AvgIpc) is 3.10. The lowest BCUT2D eigenvalue weighted by Crippen LogP contribution is -1.84. The van der Waals surface area contributed by atoms with Crippen LogP contribution < -0.4 is 0 Å². The Kier molecular flexibility index (Phi) is 3.51. The molecule has 0 atom stereocenters. The minimum Gasteiger partial charge on any atom is -0.135 e. The molecule has 26 heavy (non-hydrogen) atoms. The van der Waals surface area contributed by atoms with Crippen LogP contribution in [0.15, 0.2) is 91.0 Å². The molecule has 4 aromatic carbocycles. The fourth-order valence-electron chi connectivity index (χ4n) is 3.46. The van der Waals surface area contributed by atoms with Crippen LogP contribution in [0.5, 0.6) is 0 Å². The minimum absolute atomic E-state index is 0.563. The molecule has 2 heteroatoms. The van der Waals surface area contributed by atoms with E-state index in [1.54, 1.807) is 11.3 Å². The normalized spacial score (nSPS) is 11.8. The van der Waals surface area contributed by atoms with Gasteiger partial charge in [0, 0.05) is 25.2 Å². The highest BCUT2D eigenvalue weighted by molar-refractivity contribution is 7.26. The molecular formula is C24H15ClS. The van der Waals surface area contributed by atoms with E-state index in [0.717, 1.165) is 47.4 Å². The molecule has 0 saturated heterocycles. The van der Waals surface area contributed by atoms with Crippen LogP contribution in [0, 0.1) is 0 Å². The summed E-state index contributed by atoms with van der Waals surface area (Å²) >= 11 is 8.08. The summed E-state index contributed by atoms with van der Waals surface area (Å²) < 4.78 is 11.0. The van der Waals surface area contributed by atoms with Crippen molar-refractivity contribution in [3.8, 4) is 22.3 Å². The third kappa shape index (κ3) is 2.52. The number of rotatable bonds is 2. The zero-order valence-corrected chi connectivity index (χ0v) is 15.4. The average molecular weight is 372 g/mol. The van der Waals surface area contributed by atoms with Crippen molar-refractivity contribution in [3.05, 3.63) is 96.0 Å². The number of fused-ring (bicyclic) bond motifs is 3. The first kappa shape index (κ1) is 14.5. The zero-order chi connectivity index (χ0) is 18.4. The molecule has 0 spiro atoms. The molecule has 1 heterocycles. The Hall–Kier alpha value is -2.61. The predicted molar refractivity (Wildman–Crippen MR) is 115 cm³/mol. The maximum Gasteiger partial charge on any atom is 0.0644 e. The van der Waals surface area contributed by atoms with Crippen LogP contribution >= 0.6 is 22.9 Å². The van der Waals surface area contributed by atoms with E-state index in [1.165, 1.54) is 0 Å². The third-order valence-electron chi connectivity index (χ3n) is 4.67. The summed E-state index contributed by atoms with van der Waals surface area (Å²) in [5.74, 6) is 0. The molecule has 0 unspecified atom stereocenters. The van der Waals surface area contributed by atoms with Crippen molar-refractivity contribution in [2.75, 3.05) is 0 Å². The smallest absolute Gasteiger partial charge is 0.0644 e. The summed E-state index contributed by atoms with van der Waals surface area (Å²) in [6.45, 7) is 0. The number of hydrogen-bond donors (Lipinski definition) is 0. The van der Waals surface area contributed by atoms with Crippen LogP contribution in [0.3, 0.4) is 0 Å². The first-order valence-corrected chi connectivity index (χ1v) is 9.68. The zero-order valence-electron chi connectivity index (χ0n) is 14.9. The van der Waals surface area contributed by atoms with Crippen LogP contribution in [0.4, 0.5) is 0 Å². The van der Waals surface area contributed by atoms with E-state index in [4.69, 9.17) is 13.0 Å². The van der Waals surface area contributed by atoms with E-state index in [-0.39, 0.29) is 0 Å². The van der Waals surface area contributed by atoms with E-state index in [2.05, 4.69) is 42.5 Å². The molecule has 0 fully saturated rings. The molecule has 0 saturated carbocycles. The van der Waals surface area contributed by atoms with Crippen molar-refractivity contribution >= 4 is 43.1 Å². The molecule has 0 amide bonds. The first-order chi connectivity index (χ1) is 13.2. The topological polar surface area (TPSA) is 0 Å². The summed E-state index contributed by atoms with van der Waals surface area (Å²) in [5, 5.41) is 2.86. The van der Waals surface area contributed by atoms with Gasteiger partial charge in [-0.05, 0) is 40.4 Å². The Morgan fingerprint density at radius 3 is 2.19 bits per heavy atom. The van der Waals surface area contributed by atoms with Crippen molar-refractivity contribution in [1.82, 2.24) is 0 Å². The van der Waals surface area contributed by atoms with Gasteiger partial charge in [0.15, 0.2) is 0 Å². The molecule has 1 aromatic heterocycles. The van der Waals surface area contributed by atoms with Gasteiger partial charge in [-0.3, -0.25) is 0 Å². The van der Waals surface area contributed by atoms with Gasteiger partial charge in [0.1, 0.15) is 0 Å². The molecule has 5 rings (SSSR count). The quantitative estimate of drug-likeness (QED) is 0.294. The van der Waals surface area contributed by atoms with Crippen molar-refractivity contribution in [3.63, 3.8) is 0 Å². The Balaban J connectivity index is 1.79. The van der Waals surface area contributed by atoms with E-state index in [0.29, 0.717) is 6.04 Å². The number of benzene rings is 4. The van der Waals surface area contributed by atoms with Gasteiger partial charge in [0.25, 0.3) is 0 Å². The fourth-order valence-corrected chi connectivity index (χ4v) is 4.92. The highest BCUT2D eigenvalue weighted by Gasteiger charge is 2.11. The Bertz CT molecular complexity index is 1290. The molecule has 5 aromatic rings. The van der Waals surface area contributed by atoms with Gasteiger partial charge in [-0.2, -0.15) is 0 Å². The van der Waals surface area contributed by atoms with Gasteiger partial charge in [-0.1, -0.05) is 84.4 Å². The van der Waals surface area contributed by atoms with E-state index < -0.39 is 0 Å². The second kappa shape index (κ2) is 6.28. The summed E-state index contributed by atoms with van der Waals surface area (Å²) in [7, 11) is 0. The van der Waals surface area contributed by atoms with Crippen molar-refractivity contribution in [2.45, 2.75) is 0 Å². The third-order valence-corrected chi connectivity index (χ3v) is 6.07. The minimum atomic E-state index is 0.563. The standard InChI is InChI=1S/C24H15ClS/c25-21-11-6-12-22-24(21)20-14-13-17(15-23(20)26-22)19-10-5-4-9-18(19)16-7-2-1-3-8-16/h1-15H/i15D. The highest BCUT2D eigenvalue weighted by Crippen LogP contribution is 2.41. The Morgan fingerprint density at radius 1 is 0.654 bits per heavy atom. The summed E-state index contributed by atoms with van der Waals surface area (Å²) in [6.07, 6.45) is 0. The van der Waals surface area contributed by atoms with Crippen LogP contribution in [-0.4, -0.2) is 0 Å². The van der Waals surface area contributed by atoms with Gasteiger partial charge in [0.2, 0.25) is 0 Å². The second-order valence-electron chi connectivity index (χ2n) is 6.24. The number of thiophene rings is 1. The molecule has 0 aliphatic heterocycles. The van der Waals surface area contributed by atoms with Gasteiger partial charge in [-0.25, -0.2) is 0 Å². The summed E-state index contributed by atoms with van der Waals surface area (Å²) in [4.78, 5) is 0. The fraction of sp³-hybridized carbons (Fsp3) is 0. The largest absolute Gasteiger partial charge is 0.135 e. The monoisotopic (exact) mass is 371 g/mol. The molecule has 0 aliphatic carbocycles. The van der Waals surface area contributed by atoms with Crippen LogP contribution in [0.25, 0.3) is 42.4 Å². The predicted octanol–water partition coefficient (Wildman–Crippen LogP) is 8.04. The second-order valence-corrected chi connectivity index (χ2v) is 7.70. The van der Waals surface area contributed by atoms with E-state index in [1.807, 2.05) is 42.5 Å². The maximum absolute atomic E-state index is 8.91. The van der Waals surface area contributed by atoms with Crippen LogP contribution in [0.2, 0.25) is 5.02 Å². The number of halogens is 1. The van der Waals surface area contributed by atoms with E-state index >= 15 is 0 Å². The molecular weight excluding hydrogens is 356 g/mol. The van der Waals surface area contributed by atoms with Crippen molar-refractivity contribution < 1.29 is 1.37 Å². The highest BCUT2D eigenvalue weighted by atomic mass is 35.5. The summed E-state index contributed by atoms with van der Waals surface area (Å²) in [6, 6.07) is 29.3. The van der Waals surface area contributed by atoms with Gasteiger partial charge in [0.05, 0.1) is 1.37 Å².